The van der Waals surface area contributed by atoms with Crippen molar-refractivity contribution in [2.24, 2.45) is 5.92 Å². The number of amides is 1. The van der Waals surface area contributed by atoms with Gasteiger partial charge in [-0.2, -0.15) is 0 Å². The van der Waals surface area contributed by atoms with E-state index in [1.54, 1.807) is 14.2 Å². The molecule has 7 nitrogen and oxygen atoms in total. The van der Waals surface area contributed by atoms with Crippen LogP contribution >= 0.6 is 0 Å². The normalized spacial score (nSPS) is 23.0. The molecule has 0 saturated carbocycles. The van der Waals surface area contributed by atoms with Crippen LogP contribution in [0.15, 0.2) is 18.2 Å². The lowest BCUT2D eigenvalue weighted by molar-refractivity contribution is -0.917. The first-order valence-corrected chi connectivity index (χ1v) is 10.8. The first-order valence-electron chi connectivity index (χ1n) is 8.95. The van der Waals surface area contributed by atoms with E-state index >= 15 is 0 Å². The smallest absolute Gasteiger partial charge is 0.227 e. The lowest BCUT2D eigenvalue weighted by Gasteiger charge is -2.33. The maximum atomic E-state index is 12.5. The van der Waals surface area contributed by atoms with Crippen LogP contribution < -0.4 is 14.4 Å². The molecule has 0 aromatic heterocycles. The van der Waals surface area contributed by atoms with Crippen LogP contribution in [0.3, 0.4) is 0 Å². The van der Waals surface area contributed by atoms with Gasteiger partial charge < -0.3 is 19.3 Å². The molecule has 1 N–H and O–H groups in total. The SMILES string of the molecule is COc1ccc(C[NH+]2CCN(C(=O)[C@@H]3CCS(=O)(=O)C3)CC2)cc1OC. The largest absolute Gasteiger partial charge is 0.493 e. The summed E-state index contributed by atoms with van der Waals surface area (Å²) in [6, 6.07) is 5.94. The van der Waals surface area contributed by atoms with Gasteiger partial charge in [-0.3, -0.25) is 4.79 Å². The predicted octanol–water partition coefficient (Wildman–Crippen LogP) is -0.634. The summed E-state index contributed by atoms with van der Waals surface area (Å²) >= 11 is 0. The van der Waals surface area contributed by atoms with Gasteiger partial charge in [0.05, 0.1) is 57.8 Å². The van der Waals surface area contributed by atoms with Gasteiger partial charge in [0.1, 0.15) is 6.54 Å². The zero-order valence-corrected chi connectivity index (χ0v) is 16.2. The minimum absolute atomic E-state index is 0.0104. The zero-order chi connectivity index (χ0) is 18.7. The first kappa shape index (κ1) is 19.0. The molecule has 0 aliphatic carbocycles. The number of ether oxygens (including phenoxy) is 2. The Bertz CT molecular complexity index is 757. The van der Waals surface area contributed by atoms with Crippen LogP contribution in [-0.4, -0.2) is 71.1 Å². The number of hydrogen-bond donors (Lipinski definition) is 1. The van der Waals surface area contributed by atoms with Crippen molar-refractivity contribution < 1.29 is 27.6 Å². The molecule has 0 bridgehead atoms. The fourth-order valence-corrected chi connectivity index (χ4v) is 5.48. The highest BCUT2D eigenvalue weighted by Crippen LogP contribution is 2.27. The molecule has 1 atom stereocenters. The molecule has 2 heterocycles. The molecule has 2 aliphatic heterocycles. The van der Waals surface area contributed by atoms with Crippen LogP contribution in [-0.2, 0) is 21.2 Å². The summed E-state index contributed by atoms with van der Waals surface area (Å²) in [4.78, 5) is 15.8. The summed E-state index contributed by atoms with van der Waals surface area (Å²) in [5.41, 5.74) is 1.17. The van der Waals surface area contributed by atoms with Gasteiger partial charge in [0.15, 0.2) is 21.3 Å². The first-order chi connectivity index (χ1) is 12.4. The Morgan fingerprint density at radius 1 is 1.19 bits per heavy atom. The Morgan fingerprint density at radius 2 is 1.88 bits per heavy atom. The number of nitrogens with zero attached hydrogens (tertiary/aromatic N) is 1. The standard InChI is InChI=1S/C18H26N2O5S/c1-24-16-4-3-14(11-17(16)25-2)12-19-6-8-20(9-7-19)18(21)15-5-10-26(22,23)13-15/h3-4,11,15H,5-10,12-13H2,1-2H3/p+1/t15-/m1/s1. The molecule has 8 heteroatoms. The molecular formula is C18H27N2O5S+. The van der Waals surface area contributed by atoms with E-state index in [4.69, 9.17) is 9.47 Å². The molecule has 1 amide bonds. The summed E-state index contributed by atoms with van der Waals surface area (Å²) < 4.78 is 33.8. The predicted molar refractivity (Wildman–Crippen MR) is 97.3 cm³/mol. The number of sulfone groups is 1. The van der Waals surface area contributed by atoms with Crippen LogP contribution in [0.5, 0.6) is 11.5 Å². The van der Waals surface area contributed by atoms with Crippen LogP contribution in [0, 0.1) is 5.92 Å². The summed E-state index contributed by atoms with van der Waals surface area (Å²) in [5, 5.41) is 0. The minimum Gasteiger partial charge on any atom is -0.493 e. The Hall–Kier alpha value is -1.80. The quantitative estimate of drug-likeness (QED) is 0.732. The number of carbonyl (C=O) groups excluding carboxylic acids is 1. The second-order valence-corrected chi connectivity index (χ2v) is 9.27. The molecule has 3 rings (SSSR count). The van der Waals surface area contributed by atoms with E-state index in [2.05, 4.69) is 0 Å². The number of carbonyl (C=O) groups is 1. The highest BCUT2D eigenvalue weighted by molar-refractivity contribution is 7.91. The number of hydrogen-bond acceptors (Lipinski definition) is 5. The van der Waals surface area contributed by atoms with Gasteiger partial charge in [-0.1, -0.05) is 0 Å². The Balaban J connectivity index is 1.53. The second-order valence-electron chi connectivity index (χ2n) is 7.04. The van der Waals surface area contributed by atoms with Crippen LogP contribution in [0.2, 0.25) is 0 Å². The molecule has 2 saturated heterocycles. The number of benzene rings is 1. The summed E-state index contributed by atoms with van der Waals surface area (Å²) in [6.07, 6.45) is 0.472. The molecule has 1 aromatic rings. The Morgan fingerprint density at radius 3 is 2.46 bits per heavy atom. The van der Waals surface area contributed by atoms with Gasteiger partial charge in [-0.05, 0) is 24.6 Å². The van der Waals surface area contributed by atoms with Crippen molar-refractivity contribution in [2.45, 2.75) is 13.0 Å². The van der Waals surface area contributed by atoms with Gasteiger partial charge in [0.25, 0.3) is 0 Å². The van der Waals surface area contributed by atoms with E-state index in [1.165, 1.54) is 10.5 Å². The third kappa shape index (κ3) is 4.29. The second kappa shape index (κ2) is 7.84. The summed E-state index contributed by atoms with van der Waals surface area (Å²) in [7, 11) is 0.229. The van der Waals surface area contributed by atoms with Gasteiger partial charge in [0.2, 0.25) is 5.91 Å². The fourth-order valence-electron chi connectivity index (χ4n) is 3.75. The summed E-state index contributed by atoms with van der Waals surface area (Å²) in [5.74, 6) is 1.27. The van der Waals surface area contributed by atoms with E-state index in [-0.39, 0.29) is 23.3 Å². The van der Waals surface area contributed by atoms with E-state index < -0.39 is 9.84 Å². The van der Waals surface area contributed by atoms with E-state index in [0.29, 0.717) is 25.3 Å². The molecular weight excluding hydrogens is 356 g/mol. The number of quaternary nitrogens is 1. The molecule has 26 heavy (non-hydrogen) atoms. The van der Waals surface area contributed by atoms with Gasteiger partial charge in [-0.25, -0.2) is 8.42 Å². The van der Waals surface area contributed by atoms with Gasteiger partial charge >= 0.3 is 0 Å². The molecule has 2 aliphatic rings. The van der Waals surface area contributed by atoms with Crippen molar-refractivity contribution in [3.8, 4) is 11.5 Å². The number of piperazine rings is 1. The third-order valence-corrected chi connectivity index (χ3v) is 7.03. The van der Waals surface area contributed by atoms with Crippen molar-refractivity contribution in [3.63, 3.8) is 0 Å². The van der Waals surface area contributed by atoms with Crippen LogP contribution in [0.1, 0.15) is 12.0 Å². The number of rotatable bonds is 5. The highest BCUT2D eigenvalue weighted by atomic mass is 32.2. The Kier molecular flexibility index (Phi) is 5.72. The van der Waals surface area contributed by atoms with Crippen LogP contribution in [0.25, 0.3) is 0 Å². The lowest BCUT2D eigenvalue weighted by atomic mass is 10.1. The number of nitrogens with one attached hydrogen (secondary N) is 1. The average molecular weight is 383 g/mol. The van der Waals surface area contributed by atoms with Crippen molar-refractivity contribution in [1.82, 2.24) is 4.90 Å². The van der Waals surface area contributed by atoms with Crippen molar-refractivity contribution in [3.05, 3.63) is 23.8 Å². The van der Waals surface area contributed by atoms with Crippen molar-refractivity contribution >= 4 is 15.7 Å². The van der Waals surface area contributed by atoms with E-state index in [9.17, 15) is 13.2 Å². The van der Waals surface area contributed by atoms with Crippen molar-refractivity contribution in [2.75, 3.05) is 51.9 Å². The maximum absolute atomic E-state index is 12.5. The minimum atomic E-state index is -3.02. The maximum Gasteiger partial charge on any atom is 0.227 e. The lowest BCUT2D eigenvalue weighted by Crippen LogP contribution is -3.13. The molecule has 0 radical (unpaired) electrons. The molecule has 144 valence electrons. The zero-order valence-electron chi connectivity index (χ0n) is 15.4. The van der Waals surface area contributed by atoms with Gasteiger partial charge in [0, 0.05) is 5.56 Å². The van der Waals surface area contributed by atoms with Gasteiger partial charge in [-0.15, -0.1) is 0 Å². The van der Waals surface area contributed by atoms with Crippen LogP contribution in [0.4, 0.5) is 0 Å². The Labute approximate surface area is 154 Å². The molecule has 0 unspecified atom stereocenters. The average Bonchev–Trinajstić information content (AvgIpc) is 3.01. The topological polar surface area (TPSA) is 77.4 Å². The monoisotopic (exact) mass is 383 g/mol. The van der Waals surface area contributed by atoms with E-state index in [0.717, 1.165) is 25.4 Å². The molecule has 0 spiro atoms. The number of methoxy groups -OCH3 is 2. The van der Waals surface area contributed by atoms with Crippen molar-refractivity contribution in [1.29, 1.82) is 0 Å². The third-order valence-electron chi connectivity index (χ3n) is 5.27. The molecule has 2 fully saturated rings. The highest BCUT2D eigenvalue weighted by Gasteiger charge is 2.36. The molecule has 1 aromatic carbocycles. The summed E-state index contributed by atoms with van der Waals surface area (Å²) in [6.45, 7) is 3.94. The van der Waals surface area contributed by atoms with E-state index in [1.807, 2.05) is 23.1 Å². The fraction of sp³-hybridized carbons (Fsp3) is 0.611.